The van der Waals surface area contributed by atoms with Crippen LogP contribution in [-0.4, -0.2) is 73.4 Å². The van der Waals surface area contributed by atoms with E-state index in [0.29, 0.717) is 17.4 Å². The van der Waals surface area contributed by atoms with Gasteiger partial charge in [-0.1, -0.05) is 343 Å². The molecular weight excluding hydrogens is 1070 g/mol. The van der Waals surface area contributed by atoms with Crippen LogP contribution in [0.25, 0.3) is 0 Å². The maximum absolute atomic E-state index is 13.1. The van der Waals surface area contributed by atoms with Gasteiger partial charge in [0.25, 0.3) is 0 Å². The van der Waals surface area contributed by atoms with Crippen LogP contribution in [-0.2, 0) is 18.4 Å². The Morgan fingerprint density at radius 1 is 0.412 bits per heavy atom. The molecule has 0 heterocycles. The third-order valence-electron chi connectivity index (χ3n) is 16.3. The number of phosphoric ester groups is 1. The van der Waals surface area contributed by atoms with E-state index in [2.05, 4.69) is 92.1 Å². The van der Waals surface area contributed by atoms with E-state index in [1.165, 1.54) is 250 Å². The van der Waals surface area contributed by atoms with Gasteiger partial charge >= 0.3 is 7.82 Å². The zero-order chi connectivity index (χ0) is 61.9. The summed E-state index contributed by atoms with van der Waals surface area (Å²) in [6.45, 7) is 4.72. The SMILES string of the molecule is CC/C=C\C/C=C\C/C=C\C/C=C\C/C=C\CCCCCCCCCCCCCCCCCC(=O)NC(COP(=O)(O)OCC[N+](C)(C)C)C(O)/C=C/CC/C=C/CCCCCCCCCCCCCCCCCCCCCCCCCCCC. The van der Waals surface area contributed by atoms with Crippen LogP contribution in [0.1, 0.15) is 341 Å². The molecule has 3 unspecified atom stereocenters. The molecule has 3 N–H and O–H groups in total. The molecule has 0 aliphatic carbocycles. The van der Waals surface area contributed by atoms with Gasteiger partial charge in [-0.25, -0.2) is 4.57 Å². The summed E-state index contributed by atoms with van der Waals surface area (Å²) in [5.74, 6) is -0.185. The lowest BCUT2D eigenvalue weighted by Gasteiger charge is -2.25. The Bertz CT molecular complexity index is 1660. The van der Waals surface area contributed by atoms with Crippen molar-refractivity contribution in [1.29, 1.82) is 0 Å². The monoisotopic (exact) mass is 1210 g/mol. The van der Waals surface area contributed by atoms with Crippen molar-refractivity contribution in [1.82, 2.24) is 5.32 Å². The Balaban J connectivity index is 4.08. The minimum atomic E-state index is -4.37. The van der Waals surface area contributed by atoms with Crippen LogP contribution in [0, 0.1) is 0 Å². The number of unbranched alkanes of at least 4 members (excludes halogenated alkanes) is 42. The van der Waals surface area contributed by atoms with Gasteiger partial charge in [0.15, 0.2) is 0 Å². The van der Waals surface area contributed by atoms with Crippen LogP contribution >= 0.6 is 7.82 Å². The van der Waals surface area contributed by atoms with E-state index >= 15 is 0 Å². The first-order chi connectivity index (χ1) is 41.5. The second-order valence-electron chi connectivity index (χ2n) is 25.9. The summed E-state index contributed by atoms with van der Waals surface area (Å²) < 4.78 is 23.8. The van der Waals surface area contributed by atoms with Gasteiger partial charge in [-0.15, -0.1) is 0 Å². The minimum absolute atomic E-state index is 0.0542. The van der Waals surface area contributed by atoms with E-state index in [4.69, 9.17) is 9.05 Å². The van der Waals surface area contributed by atoms with Gasteiger partial charge in [0.05, 0.1) is 39.9 Å². The Kier molecular flexibility index (Phi) is 64.3. The number of carbonyl (C=O) groups is 1. The van der Waals surface area contributed by atoms with Crippen LogP contribution in [0.15, 0.2) is 85.1 Å². The highest BCUT2D eigenvalue weighted by Crippen LogP contribution is 2.43. The summed E-state index contributed by atoms with van der Waals surface area (Å²) in [6.07, 6.45) is 94.6. The van der Waals surface area contributed by atoms with Gasteiger partial charge < -0.3 is 19.8 Å². The average molecular weight is 1210 g/mol. The molecule has 0 aliphatic heterocycles. The number of likely N-dealkylation sites (N-methyl/N-ethyl adjacent to an activating group) is 1. The second-order valence-corrected chi connectivity index (χ2v) is 27.4. The molecule has 9 heteroatoms. The molecule has 496 valence electrons. The number of quaternary nitrogens is 1. The highest BCUT2D eigenvalue weighted by atomic mass is 31.2. The molecule has 1 amide bonds. The first-order valence-corrected chi connectivity index (χ1v) is 38.0. The van der Waals surface area contributed by atoms with E-state index in [9.17, 15) is 19.4 Å². The normalized spacial score (nSPS) is 14.1. The maximum Gasteiger partial charge on any atom is 0.472 e. The van der Waals surface area contributed by atoms with Crippen molar-refractivity contribution in [2.75, 3.05) is 40.9 Å². The lowest BCUT2D eigenvalue weighted by atomic mass is 10.0. The van der Waals surface area contributed by atoms with E-state index in [0.717, 1.165) is 70.6 Å². The largest absolute Gasteiger partial charge is 0.472 e. The molecule has 0 saturated carbocycles. The van der Waals surface area contributed by atoms with Crippen LogP contribution < -0.4 is 5.32 Å². The second kappa shape index (κ2) is 66.1. The third kappa shape index (κ3) is 69.0. The van der Waals surface area contributed by atoms with Crippen molar-refractivity contribution < 1.29 is 32.9 Å². The van der Waals surface area contributed by atoms with Gasteiger partial charge in [0, 0.05) is 6.42 Å². The number of allylic oxidation sites excluding steroid dienone is 13. The highest BCUT2D eigenvalue weighted by molar-refractivity contribution is 7.47. The molecule has 85 heavy (non-hydrogen) atoms. The Hall–Kier alpha value is -2.32. The van der Waals surface area contributed by atoms with Crippen molar-refractivity contribution in [3.8, 4) is 0 Å². The molecule has 0 fully saturated rings. The van der Waals surface area contributed by atoms with Gasteiger partial charge in [-0.05, 0) is 77.0 Å². The van der Waals surface area contributed by atoms with Crippen molar-refractivity contribution in [3.05, 3.63) is 85.1 Å². The van der Waals surface area contributed by atoms with Gasteiger partial charge in [0.2, 0.25) is 5.91 Å². The van der Waals surface area contributed by atoms with E-state index in [1.807, 2.05) is 27.2 Å². The first-order valence-electron chi connectivity index (χ1n) is 36.5. The number of carbonyl (C=O) groups excluding carboxylic acids is 1. The number of aliphatic hydroxyl groups is 1. The summed E-state index contributed by atoms with van der Waals surface area (Å²) in [7, 11) is 1.56. The molecule has 0 radical (unpaired) electrons. The van der Waals surface area contributed by atoms with Crippen molar-refractivity contribution in [3.63, 3.8) is 0 Å². The quantitative estimate of drug-likeness (QED) is 0.0243. The number of amides is 1. The molecule has 0 rings (SSSR count). The fourth-order valence-corrected chi connectivity index (χ4v) is 11.5. The molecule has 8 nitrogen and oxygen atoms in total. The number of rotatable bonds is 67. The molecule has 0 aromatic heterocycles. The number of nitrogens with one attached hydrogen (secondary N) is 1. The van der Waals surface area contributed by atoms with E-state index < -0.39 is 20.0 Å². The number of hydrogen-bond donors (Lipinski definition) is 3. The van der Waals surface area contributed by atoms with Gasteiger partial charge in [-0.3, -0.25) is 13.8 Å². The molecule has 0 bridgehead atoms. The lowest BCUT2D eigenvalue weighted by Crippen LogP contribution is -2.45. The van der Waals surface area contributed by atoms with Crippen molar-refractivity contribution in [2.24, 2.45) is 0 Å². The smallest absolute Gasteiger partial charge is 0.387 e. The number of aliphatic hydroxyl groups excluding tert-OH is 1. The molecular formula is C76H142N2O6P+. The van der Waals surface area contributed by atoms with Crippen LogP contribution in [0.2, 0.25) is 0 Å². The average Bonchev–Trinajstić information content (AvgIpc) is 3.49. The maximum atomic E-state index is 13.1. The number of nitrogens with zero attached hydrogens (tertiary/aromatic N) is 1. The predicted molar refractivity (Wildman–Crippen MR) is 373 cm³/mol. The van der Waals surface area contributed by atoms with Crippen molar-refractivity contribution >= 4 is 13.7 Å². The van der Waals surface area contributed by atoms with Crippen LogP contribution in [0.5, 0.6) is 0 Å². The number of phosphoric acid groups is 1. The van der Waals surface area contributed by atoms with E-state index in [-0.39, 0.29) is 19.1 Å². The summed E-state index contributed by atoms with van der Waals surface area (Å²) in [5.41, 5.74) is 0. The summed E-state index contributed by atoms with van der Waals surface area (Å²) in [4.78, 5) is 23.4. The Morgan fingerprint density at radius 3 is 1.08 bits per heavy atom. The van der Waals surface area contributed by atoms with Crippen LogP contribution in [0.4, 0.5) is 0 Å². The third-order valence-corrected chi connectivity index (χ3v) is 17.3. The highest BCUT2D eigenvalue weighted by Gasteiger charge is 2.28. The van der Waals surface area contributed by atoms with Crippen molar-refractivity contribution in [2.45, 2.75) is 353 Å². The molecule has 0 saturated heterocycles. The molecule has 0 spiro atoms. The van der Waals surface area contributed by atoms with Gasteiger partial charge in [0.1, 0.15) is 13.2 Å². The predicted octanol–water partition coefficient (Wildman–Crippen LogP) is 23.5. The molecule has 0 aliphatic rings. The standard InChI is InChI=1S/C76H141N2O6P/c1-6-8-10-12-14-16-18-20-22-24-26-28-30-32-34-36-38-40-41-43-45-47-49-51-53-55-57-59-61-63-65-67-69-75(79)74(73-84-85(81,82)83-72-71-78(3,4)5)77-76(80)70-68-66-64-62-60-58-56-54-52-50-48-46-44-42-39-37-35-33-31-29-27-25-23-21-19-17-15-13-11-9-7-2/h9,11,15,17,21,23,27,29,33,35,59,61,67,69,74-75,79H,6-8,10,12-14,16,18-20,22,24-26,28,30-32,34,36-58,60,62-66,68,70-73H2,1-5H3,(H-,77,80,81,82)/p+1/b11-9-,17-15-,23-21-,29-27-,35-33-,61-59+,69-67+. The summed E-state index contributed by atoms with van der Waals surface area (Å²) in [6, 6.07) is -0.870. The number of hydrogen-bond acceptors (Lipinski definition) is 5. The fourth-order valence-electron chi connectivity index (χ4n) is 10.7. The zero-order valence-corrected chi connectivity index (χ0v) is 57.7. The van der Waals surface area contributed by atoms with E-state index in [1.54, 1.807) is 6.08 Å². The summed E-state index contributed by atoms with van der Waals surface area (Å²) >= 11 is 0. The minimum Gasteiger partial charge on any atom is -0.387 e. The molecule has 3 atom stereocenters. The summed E-state index contributed by atoms with van der Waals surface area (Å²) in [5, 5.41) is 14.0. The first kappa shape index (κ1) is 82.7. The fraction of sp³-hybridized carbons (Fsp3) is 0.803. The lowest BCUT2D eigenvalue weighted by molar-refractivity contribution is -0.870. The van der Waals surface area contributed by atoms with Gasteiger partial charge in [-0.2, -0.15) is 0 Å². The Labute approximate surface area is 528 Å². The molecule has 0 aromatic rings. The zero-order valence-electron chi connectivity index (χ0n) is 56.8. The topological polar surface area (TPSA) is 105 Å². The van der Waals surface area contributed by atoms with Crippen LogP contribution in [0.3, 0.4) is 0 Å². The Morgan fingerprint density at radius 2 is 0.718 bits per heavy atom. The molecule has 0 aromatic carbocycles.